The molecule has 1 aromatic carbocycles. The Morgan fingerprint density at radius 3 is 2.90 bits per heavy atom. The van der Waals surface area contributed by atoms with Crippen LogP contribution >= 0.6 is 11.8 Å². The topological polar surface area (TPSA) is 72.2 Å². The van der Waals surface area contributed by atoms with Crippen molar-refractivity contribution in [2.24, 2.45) is 0 Å². The molecule has 0 saturated carbocycles. The van der Waals surface area contributed by atoms with Gasteiger partial charge >= 0.3 is 5.97 Å². The first-order valence-corrected chi connectivity index (χ1v) is 7.33. The first kappa shape index (κ1) is 15.1. The quantitative estimate of drug-likeness (QED) is 0.624. The molecule has 0 bridgehead atoms. The Hall–Kier alpha value is -2.26. The monoisotopic (exact) mass is 302 g/mol. The number of methoxy groups -OCH3 is 1. The Morgan fingerprint density at radius 2 is 2.24 bits per heavy atom. The van der Waals surface area contributed by atoms with E-state index in [0.29, 0.717) is 22.9 Å². The maximum absolute atomic E-state index is 11.4. The zero-order valence-corrected chi connectivity index (χ0v) is 12.6. The number of thioether (sulfide) groups is 1. The number of fused-ring (bicyclic) bond motifs is 1. The van der Waals surface area contributed by atoms with Gasteiger partial charge in [0, 0.05) is 5.39 Å². The third-order valence-corrected chi connectivity index (χ3v) is 3.70. The minimum Gasteiger partial charge on any atom is -0.497 e. The molecule has 0 amide bonds. The zero-order valence-electron chi connectivity index (χ0n) is 11.8. The number of benzene rings is 1. The summed E-state index contributed by atoms with van der Waals surface area (Å²) in [4.78, 5) is 15.8. The van der Waals surface area contributed by atoms with Crippen molar-refractivity contribution in [3.05, 3.63) is 29.8 Å². The highest BCUT2D eigenvalue weighted by molar-refractivity contribution is 7.99. The summed E-state index contributed by atoms with van der Waals surface area (Å²) in [6.07, 6.45) is 0. The predicted octanol–water partition coefficient (Wildman–Crippen LogP) is 2.77. The van der Waals surface area contributed by atoms with Crippen molar-refractivity contribution in [3.63, 3.8) is 0 Å². The summed E-state index contributed by atoms with van der Waals surface area (Å²) in [6, 6.07) is 9.31. The number of carbonyl (C=O) groups is 1. The van der Waals surface area contributed by atoms with E-state index in [0.717, 1.165) is 10.9 Å². The van der Waals surface area contributed by atoms with Crippen LogP contribution in [0.1, 0.15) is 12.5 Å². The molecule has 0 unspecified atom stereocenters. The number of nitrogens with zero attached hydrogens (tertiary/aromatic N) is 2. The normalized spacial score (nSPS) is 10.1. The lowest BCUT2D eigenvalue weighted by molar-refractivity contribution is -0.139. The number of aromatic nitrogens is 1. The SMILES string of the molecule is CCOC(=O)CSc1nc2ccc(OC)cc2cc1C#N. The standard InChI is InChI=1S/C15H14N2O3S/c1-3-20-14(18)9-21-15-11(8-16)6-10-7-12(19-2)4-5-13(10)17-15/h4-7H,3,9H2,1-2H3. The molecule has 6 heteroatoms. The van der Waals surface area contributed by atoms with Crippen molar-refractivity contribution in [2.45, 2.75) is 11.9 Å². The lowest BCUT2D eigenvalue weighted by atomic mass is 10.1. The Labute approximate surface area is 126 Å². The molecule has 0 aliphatic rings. The highest BCUT2D eigenvalue weighted by atomic mass is 32.2. The highest BCUT2D eigenvalue weighted by Crippen LogP contribution is 2.26. The van der Waals surface area contributed by atoms with Crippen LogP contribution in [-0.2, 0) is 9.53 Å². The third-order valence-electron chi connectivity index (χ3n) is 2.74. The van der Waals surface area contributed by atoms with Crippen LogP contribution in [0, 0.1) is 11.3 Å². The molecule has 1 heterocycles. The summed E-state index contributed by atoms with van der Waals surface area (Å²) in [5, 5.41) is 10.6. The maximum atomic E-state index is 11.4. The lowest BCUT2D eigenvalue weighted by Crippen LogP contribution is -2.07. The molecule has 0 fully saturated rings. The fourth-order valence-electron chi connectivity index (χ4n) is 1.78. The van der Waals surface area contributed by atoms with E-state index in [2.05, 4.69) is 11.1 Å². The molecule has 0 aliphatic heterocycles. The zero-order chi connectivity index (χ0) is 15.2. The molecular formula is C15H14N2O3S. The van der Waals surface area contributed by atoms with Crippen LogP contribution in [0.4, 0.5) is 0 Å². The van der Waals surface area contributed by atoms with E-state index in [1.54, 1.807) is 26.2 Å². The van der Waals surface area contributed by atoms with E-state index in [-0.39, 0.29) is 11.7 Å². The molecule has 0 radical (unpaired) electrons. The summed E-state index contributed by atoms with van der Waals surface area (Å²) >= 11 is 1.21. The molecule has 0 N–H and O–H groups in total. The van der Waals surface area contributed by atoms with Crippen LogP contribution in [0.5, 0.6) is 5.75 Å². The van der Waals surface area contributed by atoms with E-state index in [9.17, 15) is 10.1 Å². The van der Waals surface area contributed by atoms with E-state index in [4.69, 9.17) is 9.47 Å². The minimum absolute atomic E-state index is 0.136. The summed E-state index contributed by atoms with van der Waals surface area (Å²) in [7, 11) is 1.59. The van der Waals surface area contributed by atoms with Gasteiger partial charge in [0.25, 0.3) is 0 Å². The maximum Gasteiger partial charge on any atom is 0.316 e. The Balaban J connectivity index is 2.31. The number of hydrogen-bond acceptors (Lipinski definition) is 6. The van der Waals surface area contributed by atoms with Crippen molar-refractivity contribution in [3.8, 4) is 11.8 Å². The second kappa shape index (κ2) is 6.95. The molecule has 108 valence electrons. The molecule has 2 aromatic rings. The number of hydrogen-bond donors (Lipinski definition) is 0. The molecule has 5 nitrogen and oxygen atoms in total. The van der Waals surface area contributed by atoms with Gasteiger partial charge in [-0.05, 0) is 31.2 Å². The number of esters is 1. The van der Waals surface area contributed by atoms with Gasteiger partial charge in [-0.3, -0.25) is 4.79 Å². The molecule has 0 spiro atoms. The van der Waals surface area contributed by atoms with Crippen LogP contribution in [-0.4, -0.2) is 30.4 Å². The summed E-state index contributed by atoms with van der Waals surface area (Å²) in [5.41, 5.74) is 1.19. The first-order chi connectivity index (χ1) is 10.2. The average molecular weight is 302 g/mol. The molecule has 2 rings (SSSR count). The Kier molecular flexibility index (Phi) is 5.01. The number of ether oxygens (including phenoxy) is 2. The van der Waals surface area contributed by atoms with E-state index < -0.39 is 0 Å². The van der Waals surface area contributed by atoms with Crippen molar-refractivity contribution in [1.29, 1.82) is 5.26 Å². The van der Waals surface area contributed by atoms with Gasteiger partial charge in [0.15, 0.2) is 0 Å². The fourth-order valence-corrected chi connectivity index (χ4v) is 2.54. The molecule has 0 aliphatic carbocycles. The van der Waals surface area contributed by atoms with Crippen molar-refractivity contribution in [2.75, 3.05) is 19.5 Å². The number of rotatable bonds is 5. The van der Waals surface area contributed by atoms with Crippen LogP contribution in [0.3, 0.4) is 0 Å². The molecule has 0 atom stereocenters. The fraction of sp³-hybridized carbons (Fsp3) is 0.267. The number of nitriles is 1. The van der Waals surface area contributed by atoms with Gasteiger partial charge in [-0.2, -0.15) is 5.26 Å². The van der Waals surface area contributed by atoms with Gasteiger partial charge in [0.05, 0.1) is 30.5 Å². The van der Waals surface area contributed by atoms with Gasteiger partial charge in [-0.25, -0.2) is 4.98 Å². The largest absolute Gasteiger partial charge is 0.497 e. The Morgan fingerprint density at radius 1 is 1.43 bits per heavy atom. The van der Waals surface area contributed by atoms with Gasteiger partial charge in [-0.15, -0.1) is 0 Å². The van der Waals surface area contributed by atoms with E-state index in [1.807, 2.05) is 12.1 Å². The summed E-state index contributed by atoms with van der Waals surface area (Å²) < 4.78 is 10.0. The second-order valence-corrected chi connectivity index (χ2v) is 5.07. The second-order valence-electron chi connectivity index (χ2n) is 4.11. The molecule has 1 aromatic heterocycles. The van der Waals surface area contributed by atoms with Crippen LogP contribution in [0.25, 0.3) is 10.9 Å². The summed E-state index contributed by atoms with van der Waals surface area (Å²) in [6.45, 7) is 2.10. The minimum atomic E-state index is -0.317. The van der Waals surface area contributed by atoms with Gasteiger partial charge in [0.1, 0.15) is 16.8 Å². The van der Waals surface area contributed by atoms with Crippen LogP contribution in [0.2, 0.25) is 0 Å². The van der Waals surface area contributed by atoms with E-state index >= 15 is 0 Å². The van der Waals surface area contributed by atoms with Crippen LogP contribution in [0.15, 0.2) is 29.3 Å². The van der Waals surface area contributed by atoms with Gasteiger partial charge < -0.3 is 9.47 Å². The van der Waals surface area contributed by atoms with Crippen LogP contribution < -0.4 is 4.74 Å². The molecule has 21 heavy (non-hydrogen) atoms. The van der Waals surface area contributed by atoms with Crippen molar-refractivity contribution in [1.82, 2.24) is 4.98 Å². The van der Waals surface area contributed by atoms with Crippen molar-refractivity contribution >= 4 is 28.6 Å². The van der Waals surface area contributed by atoms with Crippen molar-refractivity contribution < 1.29 is 14.3 Å². The third kappa shape index (κ3) is 3.64. The smallest absolute Gasteiger partial charge is 0.316 e. The van der Waals surface area contributed by atoms with E-state index in [1.165, 1.54) is 11.8 Å². The number of carbonyl (C=O) groups excluding carboxylic acids is 1. The molecule has 0 saturated heterocycles. The molecular weight excluding hydrogens is 288 g/mol. The first-order valence-electron chi connectivity index (χ1n) is 6.35. The highest BCUT2D eigenvalue weighted by Gasteiger charge is 2.11. The number of pyridine rings is 1. The van der Waals surface area contributed by atoms with Gasteiger partial charge in [-0.1, -0.05) is 11.8 Å². The predicted molar refractivity (Wildman–Crippen MR) is 80.4 cm³/mol. The average Bonchev–Trinajstić information content (AvgIpc) is 2.51. The Bertz CT molecular complexity index is 710. The lowest BCUT2D eigenvalue weighted by Gasteiger charge is -2.07. The summed E-state index contributed by atoms with van der Waals surface area (Å²) in [5.74, 6) is 0.528. The van der Waals surface area contributed by atoms with Gasteiger partial charge in [0.2, 0.25) is 0 Å².